The van der Waals surface area contributed by atoms with E-state index in [4.69, 9.17) is 5.73 Å². The van der Waals surface area contributed by atoms with Crippen LogP contribution in [0.3, 0.4) is 0 Å². The molecule has 1 aliphatic heterocycles. The fraction of sp³-hybridized carbons (Fsp3) is 0.857. The molecule has 0 unspecified atom stereocenters. The van der Waals surface area contributed by atoms with E-state index in [1.807, 2.05) is 0 Å². The smallest absolute Gasteiger partial charge is 0.242 e. The van der Waals surface area contributed by atoms with Crippen molar-refractivity contribution in [2.45, 2.75) is 57.0 Å². The van der Waals surface area contributed by atoms with Gasteiger partial charge in [-0.05, 0) is 18.8 Å². The van der Waals surface area contributed by atoms with Crippen molar-refractivity contribution in [2.75, 3.05) is 13.6 Å². The van der Waals surface area contributed by atoms with Crippen LogP contribution in [-0.2, 0) is 9.59 Å². The summed E-state index contributed by atoms with van der Waals surface area (Å²) in [6.45, 7) is 0.515. The second kappa shape index (κ2) is 6.37. The second-order valence-corrected chi connectivity index (χ2v) is 5.86. The predicted octanol–water partition coefficient (Wildman–Crippen LogP) is 0.631. The van der Waals surface area contributed by atoms with Crippen LogP contribution in [0.4, 0.5) is 0 Å². The van der Waals surface area contributed by atoms with E-state index >= 15 is 0 Å². The second-order valence-electron chi connectivity index (χ2n) is 5.86. The van der Waals surface area contributed by atoms with Crippen LogP contribution in [0.2, 0.25) is 0 Å². The van der Waals surface area contributed by atoms with Crippen LogP contribution >= 0.6 is 0 Å². The molecule has 19 heavy (non-hydrogen) atoms. The van der Waals surface area contributed by atoms with E-state index in [-0.39, 0.29) is 23.9 Å². The molecular weight excluding hydrogens is 242 g/mol. The van der Waals surface area contributed by atoms with Crippen molar-refractivity contribution in [3.05, 3.63) is 0 Å². The van der Waals surface area contributed by atoms with Gasteiger partial charge in [0.2, 0.25) is 11.8 Å². The Labute approximate surface area is 114 Å². The number of likely N-dealkylation sites (tertiary alicyclic amines) is 1. The average Bonchev–Trinajstić information content (AvgIpc) is 3.04. The quantitative estimate of drug-likeness (QED) is 0.784. The number of hydrogen-bond acceptors (Lipinski definition) is 3. The minimum absolute atomic E-state index is 0.0715. The van der Waals surface area contributed by atoms with Gasteiger partial charge >= 0.3 is 0 Å². The first kappa shape index (κ1) is 14.3. The third-order valence-corrected chi connectivity index (χ3v) is 4.44. The number of carbonyl (C=O) groups excluding carboxylic acids is 2. The largest absolute Gasteiger partial charge is 0.357 e. The van der Waals surface area contributed by atoms with Crippen LogP contribution in [0.25, 0.3) is 0 Å². The fourth-order valence-corrected chi connectivity index (χ4v) is 3.33. The molecule has 0 spiro atoms. The van der Waals surface area contributed by atoms with Crippen molar-refractivity contribution in [3.63, 3.8) is 0 Å². The molecule has 3 N–H and O–H groups in total. The zero-order valence-electron chi connectivity index (χ0n) is 11.7. The Hall–Kier alpha value is -1.10. The van der Waals surface area contributed by atoms with Crippen LogP contribution in [0.5, 0.6) is 0 Å². The lowest BCUT2D eigenvalue weighted by Crippen LogP contribution is -2.45. The molecule has 0 aromatic rings. The van der Waals surface area contributed by atoms with Crippen LogP contribution in [-0.4, -0.2) is 42.4 Å². The Morgan fingerprint density at radius 3 is 2.63 bits per heavy atom. The molecule has 0 aromatic heterocycles. The zero-order valence-corrected chi connectivity index (χ0v) is 11.7. The lowest BCUT2D eigenvalue weighted by atomic mass is 10.0. The topological polar surface area (TPSA) is 75.4 Å². The van der Waals surface area contributed by atoms with Gasteiger partial charge in [-0.1, -0.05) is 25.7 Å². The normalized spacial score (nSPS) is 27.8. The van der Waals surface area contributed by atoms with Gasteiger partial charge < -0.3 is 16.0 Å². The van der Waals surface area contributed by atoms with Crippen molar-refractivity contribution in [1.29, 1.82) is 0 Å². The van der Waals surface area contributed by atoms with Gasteiger partial charge in [0, 0.05) is 26.1 Å². The summed E-state index contributed by atoms with van der Waals surface area (Å²) >= 11 is 0. The Balaban J connectivity index is 1.87. The van der Waals surface area contributed by atoms with Gasteiger partial charge in [0.15, 0.2) is 0 Å². The SMILES string of the molecule is CNC(=O)[C@@H]1C[C@H](N)CN1C(=O)CCC1CCCC1. The van der Waals surface area contributed by atoms with E-state index in [2.05, 4.69) is 5.32 Å². The molecule has 2 amide bonds. The lowest BCUT2D eigenvalue weighted by Gasteiger charge is -2.23. The summed E-state index contributed by atoms with van der Waals surface area (Å²) in [4.78, 5) is 25.7. The molecule has 2 rings (SSSR count). The summed E-state index contributed by atoms with van der Waals surface area (Å²) in [5, 5.41) is 2.62. The van der Waals surface area contributed by atoms with Gasteiger partial charge in [-0.2, -0.15) is 0 Å². The number of hydrogen-bond donors (Lipinski definition) is 2. The molecule has 2 atom stereocenters. The number of nitrogens with zero attached hydrogens (tertiary/aromatic N) is 1. The van der Waals surface area contributed by atoms with Gasteiger partial charge in [-0.3, -0.25) is 9.59 Å². The summed E-state index contributed by atoms with van der Waals surface area (Å²) in [6, 6.07) is -0.436. The van der Waals surface area contributed by atoms with E-state index in [9.17, 15) is 9.59 Å². The highest BCUT2D eigenvalue weighted by molar-refractivity contribution is 5.88. The molecule has 1 saturated heterocycles. The van der Waals surface area contributed by atoms with E-state index in [0.29, 0.717) is 25.3 Å². The number of amides is 2. The highest BCUT2D eigenvalue weighted by atomic mass is 16.2. The van der Waals surface area contributed by atoms with Crippen molar-refractivity contribution in [1.82, 2.24) is 10.2 Å². The maximum atomic E-state index is 12.3. The summed E-state index contributed by atoms with van der Waals surface area (Å²) < 4.78 is 0. The summed E-state index contributed by atoms with van der Waals surface area (Å²) in [7, 11) is 1.60. The van der Waals surface area contributed by atoms with Crippen LogP contribution < -0.4 is 11.1 Å². The third-order valence-electron chi connectivity index (χ3n) is 4.44. The van der Waals surface area contributed by atoms with E-state index in [0.717, 1.165) is 6.42 Å². The average molecular weight is 267 g/mol. The van der Waals surface area contributed by atoms with Crippen LogP contribution in [0.15, 0.2) is 0 Å². The highest BCUT2D eigenvalue weighted by Gasteiger charge is 2.37. The zero-order chi connectivity index (χ0) is 13.8. The molecule has 1 aliphatic carbocycles. The molecule has 1 saturated carbocycles. The monoisotopic (exact) mass is 267 g/mol. The van der Waals surface area contributed by atoms with Crippen molar-refractivity contribution in [2.24, 2.45) is 11.7 Å². The Morgan fingerprint density at radius 2 is 2.00 bits per heavy atom. The third kappa shape index (κ3) is 3.47. The Bertz CT molecular complexity index is 340. The summed E-state index contributed by atoms with van der Waals surface area (Å²) in [5.74, 6) is 0.703. The molecule has 108 valence electrons. The first-order valence-corrected chi connectivity index (χ1v) is 7.38. The number of rotatable bonds is 4. The minimum atomic E-state index is -0.365. The predicted molar refractivity (Wildman–Crippen MR) is 73.4 cm³/mol. The number of nitrogens with one attached hydrogen (secondary N) is 1. The van der Waals surface area contributed by atoms with Gasteiger partial charge in [-0.15, -0.1) is 0 Å². The van der Waals surface area contributed by atoms with Gasteiger partial charge in [0.25, 0.3) is 0 Å². The first-order chi connectivity index (χ1) is 9.11. The maximum Gasteiger partial charge on any atom is 0.242 e. The molecule has 0 radical (unpaired) electrons. The molecule has 5 nitrogen and oxygen atoms in total. The Kier molecular flexibility index (Phi) is 4.80. The standard InChI is InChI=1S/C14H25N3O2/c1-16-14(19)12-8-11(15)9-17(12)13(18)7-6-10-4-2-3-5-10/h10-12H,2-9,15H2,1H3,(H,16,19)/t11-,12-/m0/s1. The molecule has 0 bridgehead atoms. The number of likely N-dealkylation sites (N-methyl/N-ethyl adjacent to an activating group) is 1. The first-order valence-electron chi connectivity index (χ1n) is 7.38. The van der Waals surface area contributed by atoms with E-state index < -0.39 is 0 Å². The van der Waals surface area contributed by atoms with Crippen molar-refractivity contribution < 1.29 is 9.59 Å². The summed E-state index contributed by atoms with van der Waals surface area (Å²) in [5.41, 5.74) is 5.89. The van der Waals surface area contributed by atoms with E-state index in [1.54, 1.807) is 11.9 Å². The number of nitrogens with two attached hydrogens (primary N) is 1. The van der Waals surface area contributed by atoms with Gasteiger partial charge in [0.1, 0.15) is 6.04 Å². The Morgan fingerprint density at radius 1 is 1.32 bits per heavy atom. The van der Waals surface area contributed by atoms with Gasteiger partial charge in [-0.25, -0.2) is 0 Å². The molecule has 2 aliphatic rings. The lowest BCUT2D eigenvalue weighted by molar-refractivity contribution is -0.138. The van der Waals surface area contributed by atoms with Gasteiger partial charge in [0.05, 0.1) is 0 Å². The number of carbonyl (C=O) groups is 2. The molecule has 5 heteroatoms. The van der Waals surface area contributed by atoms with Crippen molar-refractivity contribution >= 4 is 11.8 Å². The van der Waals surface area contributed by atoms with Crippen molar-refractivity contribution in [3.8, 4) is 0 Å². The summed E-state index contributed by atoms with van der Waals surface area (Å²) in [6.07, 6.45) is 7.21. The highest BCUT2D eigenvalue weighted by Crippen LogP contribution is 2.29. The van der Waals surface area contributed by atoms with E-state index in [1.165, 1.54) is 25.7 Å². The minimum Gasteiger partial charge on any atom is -0.357 e. The van der Waals surface area contributed by atoms with Crippen LogP contribution in [0.1, 0.15) is 44.9 Å². The maximum absolute atomic E-state index is 12.3. The fourth-order valence-electron chi connectivity index (χ4n) is 3.33. The molecule has 2 fully saturated rings. The molecule has 0 aromatic carbocycles. The molecule has 1 heterocycles. The molecular formula is C14H25N3O2. The van der Waals surface area contributed by atoms with Crippen LogP contribution in [0, 0.1) is 5.92 Å².